The van der Waals surface area contributed by atoms with Crippen molar-refractivity contribution in [2.24, 2.45) is 0 Å². The van der Waals surface area contributed by atoms with Crippen LogP contribution in [0.3, 0.4) is 0 Å². The molecule has 4 nitrogen and oxygen atoms in total. The van der Waals surface area contributed by atoms with Crippen LogP contribution in [0, 0.1) is 6.92 Å². The molecule has 2 rings (SSSR count). The largest absolute Gasteiger partial charge is 0.449 e. The molecule has 0 heterocycles. The topological polar surface area (TPSA) is 55.4 Å². The smallest absolute Gasteiger partial charge is 0.338 e. The molecule has 2 aromatic rings. The van der Waals surface area contributed by atoms with Crippen molar-refractivity contribution >= 4 is 35.1 Å². The van der Waals surface area contributed by atoms with Crippen molar-refractivity contribution in [3.8, 4) is 0 Å². The van der Waals surface area contributed by atoms with E-state index in [1.54, 1.807) is 37.3 Å². The summed E-state index contributed by atoms with van der Waals surface area (Å²) in [6.07, 6.45) is -0.928. The summed E-state index contributed by atoms with van der Waals surface area (Å²) in [7, 11) is 0. The molecule has 2 aromatic carbocycles. The molecule has 0 aliphatic heterocycles. The second kappa shape index (κ2) is 8.37. The van der Waals surface area contributed by atoms with E-state index in [0.29, 0.717) is 15.6 Å². The lowest BCUT2D eigenvalue weighted by atomic mass is 10.1. The molecular weight excluding hydrogens is 361 g/mol. The Balaban J connectivity index is 1.97. The van der Waals surface area contributed by atoms with Gasteiger partial charge >= 0.3 is 5.97 Å². The van der Waals surface area contributed by atoms with Crippen LogP contribution < -0.4 is 5.32 Å². The van der Waals surface area contributed by atoms with Crippen LogP contribution in [0.2, 0.25) is 10.0 Å². The fourth-order valence-electron chi connectivity index (χ4n) is 2.23. The Bertz CT molecular complexity index is 775. The van der Waals surface area contributed by atoms with Gasteiger partial charge in [0.15, 0.2) is 6.10 Å². The summed E-state index contributed by atoms with van der Waals surface area (Å²) in [5.74, 6) is -0.946. The average Bonchev–Trinajstić information content (AvgIpc) is 2.55. The van der Waals surface area contributed by atoms with E-state index in [9.17, 15) is 9.59 Å². The summed E-state index contributed by atoms with van der Waals surface area (Å²) < 4.78 is 5.22. The van der Waals surface area contributed by atoms with Gasteiger partial charge < -0.3 is 10.1 Å². The first-order valence-corrected chi connectivity index (χ1v) is 8.56. The molecule has 0 aromatic heterocycles. The third-order valence-electron chi connectivity index (χ3n) is 3.73. The Kier molecular flexibility index (Phi) is 6.45. The van der Waals surface area contributed by atoms with Gasteiger partial charge in [0.2, 0.25) is 0 Å². The summed E-state index contributed by atoms with van der Waals surface area (Å²) >= 11 is 12.0. The number of aryl methyl sites for hydroxylation is 1. The van der Waals surface area contributed by atoms with Gasteiger partial charge in [0, 0.05) is 10.0 Å². The van der Waals surface area contributed by atoms with Crippen molar-refractivity contribution < 1.29 is 14.3 Å². The number of carbonyl (C=O) groups is 2. The van der Waals surface area contributed by atoms with Gasteiger partial charge in [-0.2, -0.15) is 0 Å². The van der Waals surface area contributed by atoms with Gasteiger partial charge in [-0.25, -0.2) is 4.79 Å². The number of amides is 1. The van der Waals surface area contributed by atoms with Crippen LogP contribution in [0.25, 0.3) is 0 Å². The van der Waals surface area contributed by atoms with E-state index in [-0.39, 0.29) is 6.04 Å². The molecule has 132 valence electrons. The standard InChI is InChI=1S/C19H19Cl2NO3/c1-11-4-6-14(7-5-11)19(24)25-13(3)18(23)22-12(2)16-9-8-15(20)10-17(16)21/h4-10,12-13H,1-3H3,(H,22,23)/t12-,13-/m1/s1. The van der Waals surface area contributed by atoms with Gasteiger partial charge in [0.25, 0.3) is 5.91 Å². The van der Waals surface area contributed by atoms with E-state index in [0.717, 1.165) is 11.1 Å². The molecular formula is C19H19Cl2NO3. The number of hydrogen-bond acceptors (Lipinski definition) is 3. The maximum atomic E-state index is 12.3. The second-order valence-electron chi connectivity index (χ2n) is 5.81. The highest BCUT2D eigenvalue weighted by Crippen LogP contribution is 2.26. The van der Waals surface area contributed by atoms with Crippen molar-refractivity contribution in [3.05, 3.63) is 69.2 Å². The van der Waals surface area contributed by atoms with Crippen molar-refractivity contribution in [3.63, 3.8) is 0 Å². The van der Waals surface area contributed by atoms with Gasteiger partial charge in [0.05, 0.1) is 11.6 Å². The lowest BCUT2D eigenvalue weighted by molar-refractivity contribution is -0.129. The van der Waals surface area contributed by atoms with Crippen LogP contribution in [0.4, 0.5) is 0 Å². The molecule has 0 aliphatic carbocycles. The van der Waals surface area contributed by atoms with Gasteiger partial charge in [-0.15, -0.1) is 0 Å². The minimum Gasteiger partial charge on any atom is -0.449 e. The summed E-state index contributed by atoms with van der Waals surface area (Å²) in [5.41, 5.74) is 2.17. The lowest BCUT2D eigenvalue weighted by Gasteiger charge is -2.19. The molecule has 1 amide bonds. The molecule has 1 N–H and O–H groups in total. The monoisotopic (exact) mass is 379 g/mol. The number of nitrogens with one attached hydrogen (secondary N) is 1. The summed E-state index contributed by atoms with van der Waals surface area (Å²) in [5, 5.41) is 3.76. The Hall–Kier alpha value is -2.04. The quantitative estimate of drug-likeness (QED) is 0.764. The van der Waals surface area contributed by atoms with Crippen LogP contribution in [0.5, 0.6) is 0 Å². The number of benzene rings is 2. The molecule has 0 spiro atoms. The van der Waals surface area contributed by atoms with Crippen molar-refractivity contribution in [1.29, 1.82) is 0 Å². The minimum absolute atomic E-state index is 0.349. The molecule has 0 fully saturated rings. The molecule has 0 aliphatic rings. The van der Waals surface area contributed by atoms with Gasteiger partial charge in [-0.3, -0.25) is 4.79 Å². The Labute approximate surface area is 157 Å². The Morgan fingerprint density at radius 2 is 1.68 bits per heavy atom. The molecule has 0 saturated carbocycles. The number of rotatable bonds is 5. The summed E-state index contributed by atoms with van der Waals surface area (Å²) in [4.78, 5) is 24.3. The van der Waals surface area contributed by atoms with E-state index in [1.807, 2.05) is 19.1 Å². The van der Waals surface area contributed by atoms with E-state index in [4.69, 9.17) is 27.9 Å². The predicted octanol–water partition coefficient (Wildman–Crippen LogP) is 4.72. The highest BCUT2D eigenvalue weighted by atomic mass is 35.5. The Morgan fingerprint density at radius 1 is 1.04 bits per heavy atom. The number of esters is 1. The first-order chi connectivity index (χ1) is 11.8. The van der Waals surface area contributed by atoms with E-state index < -0.39 is 18.0 Å². The fraction of sp³-hybridized carbons (Fsp3) is 0.263. The summed E-state index contributed by atoms with van der Waals surface area (Å²) in [6, 6.07) is 11.7. The maximum Gasteiger partial charge on any atom is 0.338 e. The molecule has 6 heteroatoms. The van der Waals surface area contributed by atoms with E-state index in [2.05, 4.69) is 5.32 Å². The van der Waals surface area contributed by atoms with Gasteiger partial charge in [-0.1, -0.05) is 47.0 Å². The zero-order chi connectivity index (χ0) is 18.6. The van der Waals surface area contributed by atoms with Crippen LogP contribution in [-0.2, 0) is 9.53 Å². The molecule has 25 heavy (non-hydrogen) atoms. The highest BCUT2D eigenvalue weighted by Gasteiger charge is 2.21. The second-order valence-corrected chi connectivity index (χ2v) is 6.65. The van der Waals surface area contributed by atoms with Crippen molar-refractivity contribution in [2.75, 3.05) is 0 Å². The molecule has 0 unspecified atom stereocenters. The normalized spacial score (nSPS) is 13.0. The predicted molar refractivity (Wildman–Crippen MR) is 99.1 cm³/mol. The van der Waals surface area contributed by atoms with Crippen LogP contribution in [0.1, 0.15) is 41.4 Å². The zero-order valence-electron chi connectivity index (χ0n) is 14.2. The summed E-state index contributed by atoms with van der Waals surface area (Å²) in [6.45, 7) is 5.24. The van der Waals surface area contributed by atoms with Crippen LogP contribution in [0.15, 0.2) is 42.5 Å². The number of hydrogen-bond donors (Lipinski definition) is 1. The zero-order valence-corrected chi connectivity index (χ0v) is 15.7. The van der Waals surface area contributed by atoms with Gasteiger partial charge in [-0.05, 0) is 50.6 Å². The third-order valence-corrected chi connectivity index (χ3v) is 4.29. The Morgan fingerprint density at radius 3 is 2.28 bits per heavy atom. The fourth-order valence-corrected chi connectivity index (χ4v) is 2.81. The number of carbonyl (C=O) groups excluding carboxylic acids is 2. The number of ether oxygens (including phenoxy) is 1. The number of halogens is 2. The molecule has 0 radical (unpaired) electrons. The lowest BCUT2D eigenvalue weighted by Crippen LogP contribution is -2.37. The van der Waals surface area contributed by atoms with E-state index >= 15 is 0 Å². The average molecular weight is 380 g/mol. The third kappa shape index (κ3) is 5.21. The van der Waals surface area contributed by atoms with E-state index in [1.165, 1.54) is 6.92 Å². The highest BCUT2D eigenvalue weighted by molar-refractivity contribution is 6.35. The maximum absolute atomic E-state index is 12.3. The molecule has 0 saturated heterocycles. The first-order valence-electron chi connectivity index (χ1n) is 7.81. The van der Waals surface area contributed by atoms with Crippen LogP contribution in [-0.4, -0.2) is 18.0 Å². The van der Waals surface area contributed by atoms with Gasteiger partial charge in [0.1, 0.15) is 0 Å². The van der Waals surface area contributed by atoms with Crippen LogP contribution >= 0.6 is 23.2 Å². The molecule has 0 bridgehead atoms. The minimum atomic E-state index is -0.928. The first kappa shape index (κ1) is 19.3. The van der Waals surface area contributed by atoms with Crippen molar-refractivity contribution in [1.82, 2.24) is 5.32 Å². The SMILES string of the molecule is Cc1ccc(C(=O)O[C@H](C)C(=O)N[C@H](C)c2ccc(Cl)cc2Cl)cc1. The van der Waals surface area contributed by atoms with Crippen molar-refractivity contribution in [2.45, 2.75) is 32.9 Å². The molecule has 2 atom stereocenters.